The zero-order valence-electron chi connectivity index (χ0n) is 10.5. The van der Waals surface area contributed by atoms with Crippen molar-refractivity contribution >= 4 is 11.6 Å². The molecule has 1 N–H and O–H groups in total. The molecule has 1 aliphatic rings. The lowest BCUT2D eigenvalue weighted by Crippen LogP contribution is -2.38. The Morgan fingerprint density at radius 1 is 1.29 bits per heavy atom. The van der Waals surface area contributed by atoms with Gasteiger partial charge < -0.3 is 5.11 Å². The van der Waals surface area contributed by atoms with Crippen LogP contribution in [0, 0.1) is 11.8 Å². The number of benzene rings is 1. The molecule has 1 saturated heterocycles. The predicted molar refractivity (Wildman–Crippen MR) is 71.3 cm³/mol. The molecular formula is C14H20ClNO. The van der Waals surface area contributed by atoms with Crippen molar-refractivity contribution in [2.24, 2.45) is 11.8 Å². The van der Waals surface area contributed by atoms with Crippen molar-refractivity contribution in [3.8, 4) is 5.75 Å². The van der Waals surface area contributed by atoms with Crippen molar-refractivity contribution < 1.29 is 5.11 Å². The maximum absolute atomic E-state index is 9.90. The monoisotopic (exact) mass is 253 g/mol. The first kappa shape index (κ1) is 12.7. The van der Waals surface area contributed by atoms with Crippen LogP contribution in [0.1, 0.15) is 25.8 Å². The van der Waals surface area contributed by atoms with E-state index in [-0.39, 0.29) is 5.75 Å². The molecule has 1 fully saturated rings. The third-order valence-corrected chi connectivity index (χ3v) is 3.71. The zero-order chi connectivity index (χ0) is 12.4. The van der Waals surface area contributed by atoms with E-state index >= 15 is 0 Å². The summed E-state index contributed by atoms with van der Waals surface area (Å²) in [6.07, 6.45) is 1.30. The highest BCUT2D eigenvalue weighted by atomic mass is 35.5. The van der Waals surface area contributed by atoms with Crippen LogP contribution in [0.3, 0.4) is 0 Å². The van der Waals surface area contributed by atoms with Crippen LogP contribution >= 0.6 is 11.6 Å². The fourth-order valence-electron chi connectivity index (χ4n) is 2.85. The maximum atomic E-state index is 9.90. The molecule has 0 saturated carbocycles. The van der Waals surface area contributed by atoms with E-state index in [0.717, 1.165) is 37.0 Å². The van der Waals surface area contributed by atoms with E-state index < -0.39 is 0 Å². The molecule has 1 aliphatic heterocycles. The fourth-order valence-corrected chi connectivity index (χ4v) is 3.04. The summed E-state index contributed by atoms with van der Waals surface area (Å²) in [5.41, 5.74) is 0.929. The zero-order valence-corrected chi connectivity index (χ0v) is 11.2. The molecule has 1 heterocycles. The molecule has 3 heteroatoms. The highest BCUT2D eigenvalue weighted by Gasteiger charge is 2.22. The number of hydrogen-bond acceptors (Lipinski definition) is 2. The molecule has 2 atom stereocenters. The van der Waals surface area contributed by atoms with E-state index in [4.69, 9.17) is 11.6 Å². The van der Waals surface area contributed by atoms with Crippen molar-refractivity contribution in [1.29, 1.82) is 0 Å². The minimum Gasteiger partial charge on any atom is -0.506 e. The highest BCUT2D eigenvalue weighted by molar-refractivity contribution is 6.32. The summed E-state index contributed by atoms with van der Waals surface area (Å²) < 4.78 is 0. The summed E-state index contributed by atoms with van der Waals surface area (Å²) in [6, 6.07) is 5.57. The summed E-state index contributed by atoms with van der Waals surface area (Å²) in [5.74, 6) is 1.71. The van der Waals surface area contributed by atoms with E-state index in [9.17, 15) is 5.11 Å². The maximum Gasteiger partial charge on any atom is 0.138 e. The summed E-state index contributed by atoms with van der Waals surface area (Å²) in [4.78, 5) is 2.41. The minimum absolute atomic E-state index is 0.236. The van der Waals surface area contributed by atoms with Gasteiger partial charge in [-0.1, -0.05) is 37.6 Å². The number of para-hydroxylation sites is 1. The van der Waals surface area contributed by atoms with Gasteiger partial charge in [0.1, 0.15) is 5.75 Å². The molecule has 0 aromatic heterocycles. The van der Waals surface area contributed by atoms with E-state index in [1.165, 1.54) is 6.42 Å². The average molecular weight is 254 g/mol. The van der Waals surface area contributed by atoms with Gasteiger partial charge in [-0.25, -0.2) is 0 Å². The number of aromatic hydroxyl groups is 1. The van der Waals surface area contributed by atoms with E-state index in [1.54, 1.807) is 6.07 Å². The number of rotatable bonds is 2. The Hall–Kier alpha value is -0.730. The number of likely N-dealkylation sites (tertiary alicyclic amines) is 1. The number of halogens is 1. The Morgan fingerprint density at radius 3 is 2.59 bits per heavy atom. The lowest BCUT2D eigenvalue weighted by Gasteiger charge is -2.35. The van der Waals surface area contributed by atoms with Gasteiger partial charge in [-0.15, -0.1) is 0 Å². The minimum atomic E-state index is 0.236. The molecular weight excluding hydrogens is 234 g/mol. The fraction of sp³-hybridized carbons (Fsp3) is 0.571. The molecule has 94 valence electrons. The molecule has 1 aromatic carbocycles. The molecule has 1 aromatic rings. The van der Waals surface area contributed by atoms with Crippen LogP contribution in [-0.4, -0.2) is 23.1 Å². The van der Waals surface area contributed by atoms with Gasteiger partial charge in [0, 0.05) is 25.2 Å². The van der Waals surface area contributed by atoms with E-state index in [1.807, 2.05) is 12.1 Å². The van der Waals surface area contributed by atoms with Crippen molar-refractivity contribution in [2.75, 3.05) is 13.1 Å². The van der Waals surface area contributed by atoms with Gasteiger partial charge in [0.2, 0.25) is 0 Å². The number of hydrogen-bond donors (Lipinski definition) is 1. The van der Waals surface area contributed by atoms with Crippen molar-refractivity contribution in [1.82, 2.24) is 4.90 Å². The molecule has 2 unspecified atom stereocenters. The first-order valence-corrected chi connectivity index (χ1v) is 6.62. The van der Waals surface area contributed by atoms with Gasteiger partial charge in [-0.2, -0.15) is 0 Å². The second-order valence-electron chi connectivity index (χ2n) is 5.39. The SMILES string of the molecule is CC1CC(C)CN(Cc2cccc(Cl)c2O)C1. The lowest BCUT2D eigenvalue weighted by atomic mass is 9.91. The Bertz CT molecular complexity index is 384. The van der Waals surface area contributed by atoms with Crippen LogP contribution in [0.25, 0.3) is 0 Å². The summed E-state index contributed by atoms with van der Waals surface area (Å²) in [5, 5.41) is 10.3. The number of nitrogens with zero attached hydrogens (tertiary/aromatic N) is 1. The van der Waals surface area contributed by atoms with Gasteiger partial charge in [-0.05, 0) is 24.3 Å². The topological polar surface area (TPSA) is 23.5 Å². The Labute approximate surface area is 108 Å². The van der Waals surface area contributed by atoms with Gasteiger partial charge in [0.25, 0.3) is 0 Å². The van der Waals surface area contributed by atoms with E-state index in [2.05, 4.69) is 18.7 Å². The molecule has 0 radical (unpaired) electrons. The number of piperidine rings is 1. The van der Waals surface area contributed by atoms with E-state index in [0.29, 0.717) is 5.02 Å². The Kier molecular flexibility index (Phi) is 3.95. The predicted octanol–water partition coefficient (Wildman–Crippen LogP) is 3.52. The first-order valence-electron chi connectivity index (χ1n) is 6.25. The summed E-state index contributed by atoms with van der Waals surface area (Å²) in [7, 11) is 0. The lowest BCUT2D eigenvalue weighted by molar-refractivity contribution is 0.133. The van der Waals surface area contributed by atoms with Crippen LogP contribution in [0.15, 0.2) is 18.2 Å². The van der Waals surface area contributed by atoms with Gasteiger partial charge >= 0.3 is 0 Å². The van der Waals surface area contributed by atoms with Crippen LogP contribution in [0.2, 0.25) is 5.02 Å². The van der Waals surface area contributed by atoms with Crippen molar-refractivity contribution in [2.45, 2.75) is 26.8 Å². The Balaban J connectivity index is 2.07. The van der Waals surface area contributed by atoms with Crippen molar-refractivity contribution in [3.05, 3.63) is 28.8 Å². The molecule has 0 aliphatic carbocycles. The van der Waals surface area contributed by atoms with Gasteiger partial charge in [-0.3, -0.25) is 4.90 Å². The van der Waals surface area contributed by atoms with Crippen LogP contribution < -0.4 is 0 Å². The van der Waals surface area contributed by atoms with Crippen molar-refractivity contribution in [3.63, 3.8) is 0 Å². The standard InChI is InChI=1S/C14H20ClNO/c1-10-6-11(2)8-16(7-10)9-12-4-3-5-13(15)14(12)17/h3-5,10-11,17H,6-9H2,1-2H3. The first-order chi connectivity index (χ1) is 8.06. The molecule has 0 spiro atoms. The molecule has 17 heavy (non-hydrogen) atoms. The number of phenols is 1. The van der Waals surface area contributed by atoms with Crippen LogP contribution in [0.4, 0.5) is 0 Å². The highest BCUT2D eigenvalue weighted by Crippen LogP contribution is 2.29. The Morgan fingerprint density at radius 2 is 1.94 bits per heavy atom. The quantitative estimate of drug-likeness (QED) is 0.872. The smallest absolute Gasteiger partial charge is 0.138 e. The summed E-state index contributed by atoms with van der Waals surface area (Å²) in [6.45, 7) is 7.59. The third kappa shape index (κ3) is 3.14. The molecule has 0 bridgehead atoms. The largest absolute Gasteiger partial charge is 0.506 e. The molecule has 0 amide bonds. The van der Waals surface area contributed by atoms with Gasteiger partial charge in [0.15, 0.2) is 0 Å². The summed E-state index contributed by atoms with van der Waals surface area (Å²) >= 11 is 5.92. The second-order valence-corrected chi connectivity index (χ2v) is 5.79. The van der Waals surface area contributed by atoms with Crippen LogP contribution in [0.5, 0.6) is 5.75 Å². The third-order valence-electron chi connectivity index (χ3n) is 3.41. The number of phenolic OH excluding ortho intramolecular Hbond substituents is 1. The molecule has 2 nitrogen and oxygen atoms in total. The second kappa shape index (κ2) is 5.28. The van der Waals surface area contributed by atoms with Crippen LogP contribution in [-0.2, 0) is 6.54 Å². The normalized spacial score (nSPS) is 26.1. The van der Waals surface area contributed by atoms with Gasteiger partial charge in [0.05, 0.1) is 5.02 Å². The molecule has 2 rings (SSSR count). The average Bonchev–Trinajstić information content (AvgIpc) is 2.23.